The number of rotatable bonds is 13. The first kappa shape index (κ1) is 35.9. The highest BCUT2D eigenvalue weighted by Gasteiger charge is 2.61. The van der Waals surface area contributed by atoms with Gasteiger partial charge in [0.25, 0.3) is 0 Å². The first-order valence-corrected chi connectivity index (χ1v) is 17.4. The third kappa shape index (κ3) is 8.52. The number of halogens is 5. The summed E-state index contributed by atoms with van der Waals surface area (Å²) in [4.78, 5) is 2.42. The number of nitrogens with one attached hydrogen (secondary N) is 3. The van der Waals surface area contributed by atoms with Crippen LogP contribution in [0.2, 0.25) is 0 Å². The van der Waals surface area contributed by atoms with Crippen LogP contribution in [0.3, 0.4) is 0 Å². The average Bonchev–Trinajstić information content (AvgIpc) is 3.78. The predicted molar refractivity (Wildman–Crippen MR) is 184 cm³/mol. The molecule has 1 atom stereocenters. The van der Waals surface area contributed by atoms with E-state index in [0.29, 0.717) is 49.4 Å². The Morgan fingerprint density at radius 3 is 2.38 bits per heavy atom. The van der Waals surface area contributed by atoms with Crippen molar-refractivity contribution < 1.29 is 36.2 Å². The second kappa shape index (κ2) is 15.6. The van der Waals surface area contributed by atoms with Gasteiger partial charge in [-0.15, -0.1) is 11.8 Å². The summed E-state index contributed by atoms with van der Waals surface area (Å²) in [6, 6.07) is 23.1. The minimum Gasteiger partial charge on any atom is -0.426 e. The number of anilines is 2. The minimum absolute atomic E-state index is 0.0830. The minimum atomic E-state index is -5.85. The van der Waals surface area contributed by atoms with Gasteiger partial charge in [0.1, 0.15) is 17.1 Å². The number of hydrazine groups is 1. The highest BCUT2D eigenvalue weighted by atomic mass is 32.2. The fourth-order valence-electron chi connectivity index (χ4n) is 5.69. The van der Waals surface area contributed by atoms with Crippen molar-refractivity contribution in [1.29, 1.82) is 0 Å². The van der Waals surface area contributed by atoms with Crippen LogP contribution in [-0.4, -0.2) is 65.9 Å². The molecule has 1 unspecified atom stereocenters. The molecule has 2 aliphatic heterocycles. The Labute approximate surface area is 291 Å². The molecule has 0 radical (unpaired) electrons. The highest BCUT2D eigenvalue weighted by molar-refractivity contribution is 8.00. The van der Waals surface area contributed by atoms with Gasteiger partial charge in [-0.3, -0.25) is 5.43 Å². The Kier molecular flexibility index (Phi) is 11.2. The Hall–Kier alpha value is -3.89. The van der Waals surface area contributed by atoms with Crippen molar-refractivity contribution in [2.45, 2.75) is 56.8 Å². The van der Waals surface area contributed by atoms with Crippen molar-refractivity contribution in [2.24, 2.45) is 0 Å². The predicted octanol–water partition coefficient (Wildman–Crippen LogP) is 7.50. The lowest BCUT2D eigenvalue weighted by atomic mass is 10.0. The van der Waals surface area contributed by atoms with E-state index in [4.69, 9.17) is 14.6 Å². The summed E-state index contributed by atoms with van der Waals surface area (Å²) in [5.74, 6) is 1.39. The van der Waals surface area contributed by atoms with E-state index < -0.39 is 24.3 Å². The molecule has 3 heterocycles. The number of thioether (sulfide) groups is 1. The molecule has 6 rings (SSSR count). The zero-order valence-electron chi connectivity index (χ0n) is 27.6. The van der Waals surface area contributed by atoms with E-state index in [2.05, 4.69) is 63.9 Å². The molecule has 1 aromatic heterocycles. The van der Waals surface area contributed by atoms with Gasteiger partial charge in [0.05, 0.1) is 31.1 Å². The molecule has 2 aliphatic rings. The molecule has 0 amide bonds. The van der Waals surface area contributed by atoms with Gasteiger partial charge in [-0.25, -0.2) is 10.1 Å². The summed E-state index contributed by atoms with van der Waals surface area (Å²) in [5.41, 5.74) is 12.5. The fraction of sp³-hybridized carbons (Fsp3) is 0.400. The molecule has 0 aliphatic carbocycles. The van der Waals surface area contributed by atoms with E-state index in [1.807, 2.05) is 42.1 Å². The van der Waals surface area contributed by atoms with Crippen LogP contribution < -0.4 is 25.8 Å². The third-order valence-corrected chi connectivity index (χ3v) is 9.46. The molecule has 15 heteroatoms. The summed E-state index contributed by atoms with van der Waals surface area (Å²) in [5, 5.41) is 7.95. The van der Waals surface area contributed by atoms with Gasteiger partial charge in [-0.1, -0.05) is 56.3 Å². The maximum Gasteiger partial charge on any atom is 0.499 e. The summed E-state index contributed by atoms with van der Waals surface area (Å²) >= 11 is 1.87. The number of hydrogen-bond donors (Lipinski definition) is 3. The lowest BCUT2D eigenvalue weighted by Gasteiger charge is -2.39. The zero-order valence-corrected chi connectivity index (χ0v) is 28.4. The van der Waals surface area contributed by atoms with Crippen LogP contribution in [0, 0.1) is 0 Å². The molecule has 9 nitrogen and oxygen atoms in total. The number of benzene rings is 3. The van der Waals surface area contributed by atoms with E-state index in [1.165, 1.54) is 28.1 Å². The molecule has 4 aromatic rings. The second-order valence-corrected chi connectivity index (χ2v) is 13.4. The molecule has 268 valence electrons. The van der Waals surface area contributed by atoms with Crippen LogP contribution in [0.25, 0.3) is 16.9 Å². The quantitative estimate of drug-likeness (QED) is 0.0962. The lowest BCUT2D eigenvalue weighted by Crippen LogP contribution is -2.52. The van der Waals surface area contributed by atoms with E-state index in [1.54, 1.807) is 0 Å². The molecular formula is C35H39F5N6O3S. The molecule has 2 saturated heterocycles. The Morgan fingerprint density at radius 1 is 0.960 bits per heavy atom. The Balaban J connectivity index is 1.13. The number of nitrogens with zero attached hydrogens (tertiary/aromatic N) is 3. The normalized spacial score (nSPS) is 17.4. The summed E-state index contributed by atoms with van der Waals surface area (Å²) < 4.78 is 81.3. The van der Waals surface area contributed by atoms with Crippen molar-refractivity contribution in [3.05, 3.63) is 90.0 Å². The third-order valence-electron chi connectivity index (χ3n) is 8.25. The maximum absolute atomic E-state index is 13.4. The number of para-hydroxylation sites is 1. The zero-order chi connectivity index (χ0) is 35.3. The topological polar surface area (TPSA) is 84.8 Å². The van der Waals surface area contributed by atoms with Gasteiger partial charge in [0, 0.05) is 30.4 Å². The van der Waals surface area contributed by atoms with Crippen LogP contribution in [0.1, 0.15) is 37.3 Å². The fourth-order valence-corrected chi connectivity index (χ4v) is 6.78. The summed E-state index contributed by atoms with van der Waals surface area (Å²) in [6.07, 6.45) is -10.5. The highest BCUT2D eigenvalue weighted by Crippen LogP contribution is 2.38. The molecule has 3 aromatic carbocycles. The Morgan fingerprint density at radius 2 is 1.68 bits per heavy atom. The lowest BCUT2D eigenvalue weighted by molar-refractivity contribution is -0.360. The molecule has 3 N–H and O–H groups in total. The smallest absolute Gasteiger partial charge is 0.426 e. The van der Waals surface area contributed by atoms with Gasteiger partial charge >= 0.3 is 12.3 Å². The van der Waals surface area contributed by atoms with Crippen LogP contribution >= 0.6 is 11.8 Å². The first-order chi connectivity index (χ1) is 24.0. The maximum atomic E-state index is 13.4. The summed E-state index contributed by atoms with van der Waals surface area (Å²) in [6.45, 7) is 7.24. The monoisotopic (exact) mass is 718 g/mol. The van der Waals surface area contributed by atoms with Gasteiger partial charge in [0.15, 0.2) is 6.29 Å². The largest absolute Gasteiger partial charge is 0.499 e. The van der Waals surface area contributed by atoms with E-state index >= 15 is 0 Å². The van der Waals surface area contributed by atoms with Crippen molar-refractivity contribution in [3.8, 4) is 22.7 Å². The van der Waals surface area contributed by atoms with Crippen molar-refractivity contribution in [1.82, 2.24) is 20.6 Å². The SMILES string of the molecule is CC(C)c1ccccc1N1CCCSC1NNCc1ccc(-c2cc(NCC3OCCO3)n(-c3ccc(OC(F)(F)C(F)(F)F)cc3)n2)cc1. The molecule has 0 bridgehead atoms. The average molecular weight is 719 g/mol. The molecular weight excluding hydrogens is 679 g/mol. The van der Waals surface area contributed by atoms with E-state index in [9.17, 15) is 22.0 Å². The van der Waals surface area contributed by atoms with E-state index in [0.717, 1.165) is 42.0 Å². The number of alkyl halides is 5. The van der Waals surface area contributed by atoms with Crippen molar-refractivity contribution in [2.75, 3.05) is 42.3 Å². The summed E-state index contributed by atoms with van der Waals surface area (Å²) in [7, 11) is 0. The first-order valence-electron chi connectivity index (χ1n) is 16.3. The molecule has 0 spiro atoms. The van der Waals surface area contributed by atoms with E-state index in [-0.39, 0.29) is 5.50 Å². The number of hydrogen-bond acceptors (Lipinski definition) is 9. The Bertz CT molecular complexity index is 1700. The molecule has 2 fully saturated rings. The van der Waals surface area contributed by atoms with Crippen LogP contribution in [0.4, 0.5) is 33.5 Å². The van der Waals surface area contributed by atoms with Gasteiger partial charge < -0.3 is 24.4 Å². The molecule has 50 heavy (non-hydrogen) atoms. The van der Waals surface area contributed by atoms with Crippen LogP contribution in [0.5, 0.6) is 5.75 Å². The van der Waals surface area contributed by atoms with Crippen LogP contribution in [-0.2, 0) is 16.0 Å². The standard InChI is InChI=1S/C35H39F5N6O3S/c1-23(2)28-6-3-4-7-30(28)45-16-5-19-50-33(45)43-42-21-24-8-10-25(11-9-24)29-20-31(41-22-32-47-17-18-48-32)46(44-29)26-12-14-27(15-13-26)49-35(39,40)34(36,37)38/h3-4,6-15,20,23,32-33,41-43H,5,16-19,21-22H2,1-2H3. The van der Waals surface area contributed by atoms with Gasteiger partial charge in [0.2, 0.25) is 0 Å². The number of ether oxygens (including phenoxy) is 3. The van der Waals surface area contributed by atoms with Crippen molar-refractivity contribution >= 4 is 23.3 Å². The van der Waals surface area contributed by atoms with Gasteiger partial charge in [-0.05, 0) is 59.6 Å². The second-order valence-electron chi connectivity index (χ2n) is 12.2. The van der Waals surface area contributed by atoms with Gasteiger partial charge in [-0.2, -0.15) is 27.1 Å². The van der Waals surface area contributed by atoms with Crippen LogP contribution in [0.15, 0.2) is 78.9 Å². The van der Waals surface area contributed by atoms with Crippen molar-refractivity contribution in [3.63, 3.8) is 0 Å². The number of aromatic nitrogens is 2. The molecule has 0 saturated carbocycles.